The maximum atomic E-state index is 12.7. The van der Waals surface area contributed by atoms with Crippen molar-refractivity contribution in [2.75, 3.05) is 55.8 Å². The van der Waals surface area contributed by atoms with Crippen LogP contribution in [-0.2, 0) is 9.59 Å². The summed E-state index contributed by atoms with van der Waals surface area (Å²) in [4.78, 5) is 55.6. The van der Waals surface area contributed by atoms with Crippen LogP contribution in [0.5, 0.6) is 0 Å². The number of nitrogens with zero attached hydrogens (tertiary/aromatic N) is 6. The van der Waals surface area contributed by atoms with Gasteiger partial charge >= 0.3 is 11.8 Å². The number of piperazine rings is 1. The lowest BCUT2D eigenvalue weighted by Gasteiger charge is -2.35. The molecular weight excluding hydrogens is 516 g/mol. The Kier molecular flexibility index (Phi) is 7.89. The van der Waals surface area contributed by atoms with E-state index in [-0.39, 0.29) is 5.91 Å². The molecule has 1 fully saturated rings. The van der Waals surface area contributed by atoms with Crippen LogP contribution < -0.4 is 15.5 Å². The molecule has 37 heavy (non-hydrogen) atoms. The summed E-state index contributed by atoms with van der Waals surface area (Å²) in [5.74, 6) is 0.457. The summed E-state index contributed by atoms with van der Waals surface area (Å²) in [6, 6.07) is 7.21. The molecule has 2 aromatic heterocycles. The number of amides is 3. The van der Waals surface area contributed by atoms with Crippen LogP contribution >= 0.6 is 22.9 Å². The maximum absolute atomic E-state index is 12.7. The van der Waals surface area contributed by atoms with Gasteiger partial charge in [-0.1, -0.05) is 35.1 Å². The molecular formula is C24H27ClN8O3S. The van der Waals surface area contributed by atoms with Gasteiger partial charge in [-0.05, 0) is 25.5 Å². The minimum atomic E-state index is -0.531. The Morgan fingerprint density at radius 2 is 1.81 bits per heavy atom. The summed E-state index contributed by atoms with van der Waals surface area (Å²) in [5, 5.41) is 6.96. The van der Waals surface area contributed by atoms with E-state index in [2.05, 4.69) is 25.6 Å². The molecule has 0 bridgehead atoms. The molecule has 194 valence electrons. The Morgan fingerprint density at radius 1 is 1.08 bits per heavy atom. The van der Waals surface area contributed by atoms with E-state index in [9.17, 15) is 14.4 Å². The highest BCUT2D eigenvalue weighted by molar-refractivity contribution is 7.17. The van der Waals surface area contributed by atoms with E-state index in [1.807, 2.05) is 24.0 Å². The number of likely N-dealkylation sites (N-methyl/N-ethyl adjacent to an activating group) is 1. The average molecular weight is 543 g/mol. The second-order valence-corrected chi connectivity index (χ2v) is 10.1. The molecule has 3 amide bonds. The lowest BCUT2D eigenvalue weighted by molar-refractivity contribution is -0.150. The molecule has 0 saturated carbocycles. The molecule has 0 atom stereocenters. The fourth-order valence-electron chi connectivity index (χ4n) is 3.75. The number of halogens is 1. The van der Waals surface area contributed by atoms with E-state index in [1.165, 1.54) is 22.4 Å². The van der Waals surface area contributed by atoms with Crippen LogP contribution in [-0.4, -0.2) is 82.7 Å². The molecule has 1 saturated heterocycles. The molecule has 1 aromatic carbocycles. The summed E-state index contributed by atoms with van der Waals surface area (Å²) >= 11 is 7.41. The Balaban J connectivity index is 1.41. The lowest BCUT2D eigenvalue weighted by atomic mass is 10.2. The van der Waals surface area contributed by atoms with Gasteiger partial charge in [0.05, 0.1) is 16.9 Å². The van der Waals surface area contributed by atoms with Gasteiger partial charge < -0.3 is 25.3 Å². The number of para-hydroxylation sites is 1. The summed E-state index contributed by atoms with van der Waals surface area (Å²) < 4.78 is 0. The highest BCUT2D eigenvalue weighted by atomic mass is 35.5. The maximum Gasteiger partial charge on any atom is 0.312 e. The van der Waals surface area contributed by atoms with Crippen LogP contribution in [0.25, 0.3) is 0 Å². The number of nitrogens with one attached hydrogen (secondary N) is 2. The molecule has 0 aliphatic carbocycles. The van der Waals surface area contributed by atoms with Crippen molar-refractivity contribution in [2.45, 2.75) is 13.8 Å². The monoisotopic (exact) mass is 542 g/mol. The van der Waals surface area contributed by atoms with Gasteiger partial charge in [-0.15, -0.1) is 0 Å². The van der Waals surface area contributed by atoms with Crippen LogP contribution in [0.2, 0.25) is 5.02 Å². The van der Waals surface area contributed by atoms with Gasteiger partial charge in [0.25, 0.3) is 5.91 Å². The number of hydrogen-bond donors (Lipinski definition) is 2. The van der Waals surface area contributed by atoms with Gasteiger partial charge in [0.1, 0.15) is 22.3 Å². The molecule has 1 aliphatic rings. The molecule has 4 rings (SSSR count). The number of benzene rings is 1. The third-order valence-electron chi connectivity index (χ3n) is 5.73. The van der Waals surface area contributed by atoms with Gasteiger partial charge in [-0.2, -0.15) is 0 Å². The summed E-state index contributed by atoms with van der Waals surface area (Å²) in [5.41, 5.74) is 1.43. The Bertz CT molecular complexity index is 1320. The van der Waals surface area contributed by atoms with E-state index in [1.54, 1.807) is 38.1 Å². The van der Waals surface area contributed by atoms with E-state index < -0.39 is 11.8 Å². The van der Waals surface area contributed by atoms with Crippen LogP contribution in [0.3, 0.4) is 0 Å². The zero-order valence-electron chi connectivity index (χ0n) is 20.9. The van der Waals surface area contributed by atoms with Gasteiger partial charge in [-0.25, -0.2) is 15.0 Å². The molecule has 3 heterocycles. The van der Waals surface area contributed by atoms with Gasteiger partial charge in [0.2, 0.25) is 0 Å². The minimum Gasteiger partial charge on any atom is -0.353 e. The second kappa shape index (κ2) is 11.1. The van der Waals surface area contributed by atoms with Crippen LogP contribution in [0, 0.1) is 13.8 Å². The fourth-order valence-corrected chi connectivity index (χ4v) is 4.74. The minimum absolute atomic E-state index is 0.304. The predicted octanol–water partition coefficient (Wildman–Crippen LogP) is 2.94. The molecule has 0 unspecified atom stereocenters. The summed E-state index contributed by atoms with van der Waals surface area (Å²) in [6.07, 6.45) is 1.49. The molecule has 11 nitrogen and oxygen atoms in total. The van der Waals surface area contributed by atoms with Crippen molar-refractivity contribution in [1.29, 1.82) is 0 Å². The highest BCUT2D eigenvalue weighted by Crippen LogP contribution is 2.28. The van der Waals surface area contributed by atoms with Gasteiger partial charge in [-0.3, -0.25) is 14.4 Å². The number of hydrogen-bond acceptors (Lipinski definition) is 9. The first-order valence-corrected chi connectivity index (χ1v) is 12.7. The van der Waals surface area contributed by atoms with Gasteiger partial charge in [0.15, 0.2) is 5.13 Å². The van der Waals surface area contributed by atoms with Crippen molar-refractivity contribution in [3.8, 4) is 0 Å². The van der Waals surface area contributed by atoms with Gasteiger partial charge in [0, 0.05) is 46.3 Å². The van der Waals surface area contributed by atoms with Crippen molar-refractivity contribution in [3.63, 3.8) is 0 Å². The van der Waals surface area contributed by atoms with Crippen molar-refractivity contribution in [1.82, 2.24) is 24.8 Å². The zero-order chi connectivity index (χ0) is 26.7. The van der Waals surface area contributed by atoms with Crippen molar-refractivity contribution >= 4 is 63.1 Å². The smallest absolute Gasteiger partial charge is 0.312 e. The van der Waals surface area contributed by atoms with Crippen molar-refractivity contribution in [3.05, 3.63) is 51.7 Å². The number of thiazole rings is 1. The zero-order valence-corrected chi connectivity index (χ0v) is 22.5. The fraction of sp³-hybridized carbons (Fsp3) is 0.333. The molecule has 2 N–H and O–H groups in total. The number of carbonyl (C=O) groups excluding carboxylic acids is 3. The average Bonchev–Trinajstić information content (AvgIpc) is 3.33. The molecule has 0 spiro atoms. The van der Waals surface area contributed by atoms with E-state index in [4.69, 9.17) is 11.6 Å². The quantitative estimate of drug-likeness (QED) is 0.472. The molecule has 13 heteroatoms. The SMILES string of the molecule is Cc1nc(Nc2ncc(C(=O)Nc3c(C)cccc3Cl)s2)cc(N2CCN(C(=O)C(=O)N(C)C)CC2)n1. The molecule has 0 radical (unpaired) electrons. The first-order valence-electron chi connectivity index (χ1n) is 11.5. The molecule has 1 aliphatic heterocycles. The van der Waals surface area contributed by atoms with Crippen LogP contribution in [0.15, 0.2) is 30.5 Å². The third-order valence-corrected chi connectivity index (χ3v) is 6.96. The van der Waals surface area contributed by atoms with Crippen LogP contribution in [0.1, 0.15) is 21.1 Å². The van der Waals surface area contributed by atoms with E-state index in [0.29, 0.717) is 64.4 Å². The third kappa shape index (κ3) is 6.15. The number of carbonyl (C=O) groups is 3. The topological polar surface area (TPSA) is 124 Å². The van der Waals surface area contributed by atoms with Crippen molar-refractivity contribution in [2.24, 2.45) is 0 Å². The van der Waals surface area contributed by atoms with E-state index >= 15 is 0 Å². The standard InChI is InChI=1S/C24H27ClN8O3S/c1-14-6-5-7-16(25)20(14)30-21(34)17-13-26-24(37-17)29-18-12-19(28-15(2)27-18)32-8-10-33(11-9-32)23(36)22(35)31(3)4/h5-7,12-13H,8-11H2,1-4H3,(H,30,34)(H,26,27,28,29). The summed E-state index contributed by atoms with van der Waals surface area (Å²) in [6.45, 7) is 5.56. The number of anilines is 4. The van der Waals surface area contributed by atoms with Crippen LogP contribution in [0.4, 0.5) is 22.5 Å². The van der Waals surface area contributed by atoms with E-state index in [0.717, 1.165) is 5.56 Å². The first kappa shape index (κ1) is 26.3. The Labute approximate surface area is 223 Å². The normalized spacial score (nSPS) is 13.3. The Morgan fingerprint density at radius 3 is 2.49 bits per heavy atom. The lowest BCUT2D eigenvalue weighted by Crippen LogP contribution is -2.52. The summed E-state index contributed by atoms with van der Waals surface area (Å²) in [7, 11) is 3.12. The predicted molar refractivity (Wildman–Crippen MR) is 144 cm³/mol. The first-order chi connectivity index (χ1) is 17.6. The molecule has 3 aromatic rings. The Hall–Kier alpha value is -3.77. The highest BCUT2D eigenvalue weighted by Gasteiger charge is 2.27. The largest absolute Gasteiger partial charge is 0.353 e. The number of rotatable bonds is 5. The second-order valence-electron chi connectivity index (χ2n) is 8.68. The number of aryl methyl sites for hydroxylation is 2. The number of aromatic nitrogens is 3. The van der Waals surface area contributed by atoms with Crippen molar-refractivity contribution < 1.29 is 14.4 Å².